The lowest BCUT2D eigenvalue weighted by Crippen LogP contribution is -2.41. The second-order valence-electron chi connectivity index (χ2n) is 5.86. The van der Waals surface area contributed by atoms with Crippen LogP contribution < -0.4 is 10.6 Å². The minimum atomic E-state index is 0.663. The lowest BCUT2D eigenvalue weighted by molar-refractivity contribution is 0.0698. The Morgan fingerprint density at radius 3 is 2.67 bits per heavy atom. The molecule has 0 bridgehead atoms. The number of rotatable bonds is 9. The minimum Gasteiger partial charge on any atom is -0.382 e. The van der Waals surface area contributed by atoms with Crippen molar-refractivity contribution in [2.24, 2.45) is 16.8 Å². The molecule has 0 spiro atoms. The van der Waals surface area contributed by atoms with Crippen LogP contribution in [-0.4, -0.2) is 53.0 Å². The Morgan fingerprint density at radius 2 is 1.95 bits per heavy atom. The molecule has 21 heavy (non-hydrogen) atoms. The van der Waals surface area contributed by atoms with Crippen LogP contribution in [0.25, 0.3) is 0 Å². The van der Waals surface area contributed by atoms with Gasteiger partial charge in [-0.05, 0) is 24.7 Å². The van der Waals surface area contributed by atoms with Gasteiger partial charge in [-0.2, -0.15) is 0 Å². The zero-order valence-corrected chi connectivity index (χ0v) is 14.0. The minimum absolute atomic E-state index is 0.663. The van der Waals surface area contributed by atoms with Crippen molar-refractivity contribution in [1.82, 2.24) is 10.6 Å². The van der Waals surface area contributed by atoms with Gasteiger partial charge in [0.15, 0.2) is 5.96 Å². The highest BCUT2D eigenvalue weighted by atomic mass is 16.5. The second kappa shape index (κ2) is 11.8. The fourth-order valence-corrected chi connectivity index (χ4v) is 2.77. The first-order chi connectivity index (χ1) is 10.3. The predicted octanol–water partition coefficient (Wildman–Crippen LogP) is 2.03. The number of methoxy groups -OCH3 is 1. The summed E-state index contributed by atoms with van der Waals surface area (Å²) in [4.78, 5) is 4.28. The van der Waals surface area contributed by atoms with E-state index in [1.54, 1.807) is 7.11 Å². The molecular formula is C16H33N3O2. The Bertz CT molecular complexity index is 285. The SMILES string of the molecule is CN=C(NCCCOCCOC)NCC1CCCCC1C. The molecule has 2 N–H and O–H groups in total. The Morgan fingerprint density at radius 1 is 1.14 bits per heavy atom. The molecule has 0 aromatic rings. The number of ether oxygens (including phenoxy) is 2. The molecule has 0 saturated heterocycles. The molecular weight excluding hydrogens is 266 g/mol. The first-order valence-electron chi connectivity index (χ1n) is 8.29. The van der Waals surface area contributed by atoms with Crippen molar-refractivity contribution in [3.8, 4) is 0 Å². The zero-order chi connectivity index (χ0) is 15.3. The molecule has 5 nitrogen and oxygen atoms in total. The van der Waals surface area contributed by atoms with Gasteiger partial charge in [0.25, 0.3) is 0 Å². The van der Waals surface area contributed by atoms with Crippen molar-refractivity contribution >= 4 is 5.96 Å². The van der Waals surface area contributed by atoms with Gasteiger partial charge in [0.2, 0.25) is 0 Å². The van der Waals surface area contributed by atoms with E-state index in [1.807, 2.05) is 7.05 Å². The number of nitrogens with one attached hydrogen (secondary N) is 2. The van der Waals surface area contributed by atoms with Crippen LogP contribution in [-0.2, 0) is 9.47 Å². The van der Waals surface area contributed by atoms with Crippen molar-refractivity contribution < 1.29 is 9.47 Å². The molecule has 0 aliphatic heterocycles. The Balaban J connectivity index is 2.06. The molecule has 1 aliphatic carbocycles. The van der Waals surface area contributed by atoms with Crippen LogP contribution in [0.15, 0.2) is 4.99 Å². The standard InChI is InChI=1S/C16H33N3O2/c1-14-7-4-5-8-15(14)13-19-16(17-2)18-9-6-10-21-12-11-20-3/h14-15H,4-13H2,1-3H3,(H2,17,18,19). The number of aliphatic imine (C=N–C) groups is 1. The van der Waals surface area contributed by atoms with E-state index in [-0.39, 0.29) is 0 Å². The molecule has 0 radical (unpaired) electrons. The highest BCUT2D eigenvalue weighted by molar-refractivity contribution is 5.79. The van der Waals surface area contributed by atoms with Gasteiger partial charge >= 0.3 is 0 Å². The van der Waals surface area contributed by atoms with Gasteiger partial charge < -0.3 is 20.1 Å². The van der Waals surface area contributed by atoms with E-state index in [2.05, 4.69) is 22.5 Å². The van der Waals surface area contributed by atoms with E-state index in [0.29, 0.717) is 13.2 Å². The van der Waals surface area contributed by atoms with Crippen molar-refractivity contribution in [2.75, 3.05) is 47.1 Å². The van der Waals surface area contributed by atoms with E-state index in [1.165, 1.54) is 25.7 Å². The van der Waals surface area contributed by atoms with Crippen molar-refractivity contribution in [3.63, 3.8) is 0 Å². The number of nitrogens with zero attached hydrogens (tertiary/aromatic N) is 1. The van der Waals surface area contributed by atoms with Gasteiger partial charge in [-0.3, -0.25) is 4.99 Å². The summed E-state index contributed by atoms with van der Waals surface area (Å²) >= 11 is 0. The molecule has 2 atom stereocenters. The van der Waals surface area contributed by atoms with Gasteiger partial charge in [-0.1, -0.05) is 26.2 Å². The largest absolute Gasteiger partial charge is 0.382 e. The normalized spacial score (nSPS) is 23.1. The smallest absolute Gasteiger partial charge is 0.190 e. The summed E-state index contributed by atoms with van der Waals surface area (Å²) in [5, 5.41) is 6.80. The summed E-state index contributed by atoms with van der Waals surface area (Å²) in [5.41, 5.74) is 0. The Hall–Kier alpha value is -0.810. The van der Waals surface area contributed by atoms with Gasteiger partial charge in [0.1, 0.15) is 0 Å². The van der Waals surface area contributed by atoms with Crippen LogP contribution in [0.5, 0.6) is 0 Å². The molecule has 1 saturated carbocycles. The maximum absolute atomic E-state index is 5.43. The molecule has 0 aromatic carbocycles. The summed E-state index contributed by atoms with van der Waals surface area (Å²) < 4.78 is 10.4. The summed E-state index contributed by atoms with van der Waals surface area (Å²) in [6.45, 7) is 6.38. The summed E-state index contributed by atoms with van der Waals surface area (Å²) in [5.74, 6) is 2.53. The van der Waals surface area contributed by atoms with E-state index < -0.39 is 0 Å². The van der Waals surface area contributed by atoms with Gasteiger partial charge in [0, 0.05) is 33.9 Å². The van der Waals surface area contributed by atoms with Crippen molar-refractivity contribution in [2.45, 2.75) is 39.0 Å². The van der Waals surface area contributed by atoms with Crippen LogP contribution in [0, 0.1) is 11.8 Å². The second-order valence-corrected chi connectivity index (χ2v) is 5.86. The summed E-state index contributed by atoms with van der Waals surface area (Å²) in [7, 11) is 3.52. The number of hydrogen-bond donors (Lipinski definition) is 2. The quantitative estimate of drug-likeness (QED) is 0.389. The maximum Gasteiger partial charge on any atom is 0.190 e. The molecule has 1 fully saturated rings. The molecule has 1 aliphatic rings. The fraction of sp³-hybridized carbons (Fsp3) is 0.938. The third kappa shape index (κ3) is 8.27. The summed E-state index contributed by atoms with van der Waals surface area (Å²) in [6.07, 6.45) is 6.47. The third-order valence-corrected chi connectivity index (χ3v) is 4.23. The zero-order valence-electron chi connectivity index (χ0n) is 14.0. The number of guanidine groups is 1. The first-order valence-corrected chi connectivity index (χ1v) is 8.29. The molecule has 2 unspecified atom stereocenters. The van der Waals surface area contributed by atoms with Gasteiger partial charge in [0.05, 0.1) is 13.2 Å². The molecule has 1 rings (SSSR count). The molecule has 0 amide bonds. The van der Waals surface area contributed by atoms with Crippen LogP contribution in [0.1, 0.15) is 39.0 Å². The van der Waals surface area contributed by atoms with Gasteiger partial charge in [-0.25, -0.2) is 0 Å². The lowest BCUT2D eigenvalue weighted by Gasteiger charge is -2.29. The average Bonchev–Trinajstić information content (AvgIpc) is 2.51. The van der Waals surface area contributed by atoms with Crippen LogP contribution in [0.3, 0.4) is 0 Å². The molecule has 124 valence electrons. The number of hydrogen-bond acceptors (Lipinski definition) is 3. The molecule has 5 heteroatoms. The maximum atomic E-state index is 5.43. The fourth-order valence-electron chi connectivity index (χ4n) is 2.77. The van der Waals surface area contributed by atoms with Crippen molar-refractivity contribution in [1.29, 1.82) is 0 Å². The average molecular weight is 299 g/mol. The van der Waals surface area contributed by atoms with Crippen molar-refractivity contribution in [3.05, 3.63) is 0 Å². The Kier molecular flexibility index (Phi) is 10.3. The highest BCUT2D eigenvalue weighted by Gasteiger charge is 2.21. The van der Waals surface area contributed by atoms with Gasteiger partial charge in [-0.15, -0.1) is 0 Å². The van der Waals surface area contributed by atoms with E-state index in [9.17, 15) is 0 Å². The third-order valence-electron chi connectivity index (χ3n) is 4.23. The summed E-state index contributed by atoms with van der Waals surface area (Å²) in [6, 6.07) is 0. The van der Waals surface area contributed by atoms with Crippen LogP contribution in [0.4, 0.5) is 0 Å². The van der Waals surface area contributed by atoms with E-state index in [4.69, 9.17) is 9.47 Å². The molecule has 0 aromatic heterocycles. The van der Waals surface area contributed by atoms with Crippen LogP contribution in [0.2, 0.25) is 0 Å². The predicted molar refractivity (Wildman–Crippen MR) is 87.8 cm³/mol. The highest BCUT2D eigenvalue weighted by Crippen LogP contribution is 2.28. The van der Waals surface area contributed by atoms with E-state index in [0.717, 1.165) is 43.9 Å². The Labute approximate surface area is 129 Å². The van der Waals surface area contributed by atoms with E-state index >= 15 is 0 Å². The first kappa shape index (κ1) is 18.2. The molecule has 0 heterocycles. The lowest BCUT2D eigenvalue weighted by atomic mass is 9.80. The topological polar surface area (TPSA) is 54.9 Å². The monoisotopic (exact) mass is 299 g/mol. The van der Waals surface area contributed by atoms with Crippen LogP contribution >= 0.6 is 0 Å².